The number of methoxy groups -OCH3 is 1. The van der Waals surface area contributed by atoms with Crippen LogP contribution in [-0.4, -0.2) is 25.4 Å². The van der Waals surface area contributed by atoms with Crippen molar-refractivity contribution >= 4 is 18.6 Å². The summed E-state index contributed by atoms with van der Waals surface area (Å²) in [6.07, 6.45) is 6.60. The quantitative estimate of drug-likeness (QED) is 0.643. The van der Waals surface area contributed by atoms with Crippen molar-refractivity contribution in [1.82, 2.24) is 0 Å². The monoisotopic (exact) mass is 308 g/mol. The molecule has 1 aliphatic carbocycles. The van der Waals surface area contributed by atoms with Crippen molar-refractivity contribution in [2.45, 2.75) is 38.5 Å². The van der Waals surface area contributed by atoms with Gasteiger partial charge >= 0.3 is 5.97 Å². The Kier molecular flexibility index (Phi) is 5.97. The maximum atomic E-state index is 11.2. The van der Waals surface area contributed by atoms with Crippen molar-refractivity contribution in [3.8, 4) is 5.75 Å². The van der Waals surface area contributed by atoms with Crippen LogP contribution in [-0.2, 0) is 16.0 Å². The Labute approximate surface area is 132 Å². The molecule has 0 unspecified atom stereocenters. The first-order valence-corrected chi connectivity index (χ1v) is 8.20. The molecule has 0 bridgehead atoms. The highest BCUT2D eigenvalue weighted by Crippen LogP contribution is 2.37. The van der Waals surface area contributed by atoms with E-state index in [2.05, 4.69) is 17.4 Å². The van der Waals surface area contributed by atoms with Gasteiger partial charge in [0.05, 0.1) is 20.1 Å². The lowest BCUT2D eigenvalue weighted by atomic mass is 9.76. The molecule has 21 heavy (non-hydrogen) atoms. The van der Waals surface area contributed by atoms with E-state index in [0.29, 0.717) is 6.42 Å². The minimum atomic E-state index is -0.222. The molecular weight excluding hydrogens is 284 g/mol. The molecule has 0 aromatic heterocycles. The van der Waals surface area contributed by atoms with Crippen LogP contribution in [0.3, 0.4) is 0 Å². The van der Waals surface area contributed by atoms with Crippen molar-refractivity contribution in [2.24, 2.45) is 5.41 Å². The van der Waals surface area contributed by atoms with Crippen LogP contribution in [0.15, 0.2) is 24.3 Å². The first-order valence-electron chi connectivity index (χ1n) is 7.57. The van der Waals surface area contributed by atoms with Crippen LogP contribution in [0.1, 0.15) is 37.7 Å². The number of hydrogen-bond donors (Lipinski definition) is 1. The van der Waals surface area contributed by atoms with E-state index in [4.69, 9.17) is 4.74 Å². The standard InChI is InChI=1S/C17H24O3S/c1-19-16(18)11-14-5-7-15(8-6-14)20-12-17(13-21)9-3-2-4-10-17/h5-8,21H,2-4,9-13H2,1H3. The summed E-state index contributed by atoms with van der Waals surface area (Å²) in [5.41, 5.74) is 1.17. The smallest absolute Gasteiger partial charge is 0.309 e. The highest BCUT2D eigenvalue weighted by atomic mass is 32.1. The van der Waals surface area contributed by atoms with Gasteiger partial charge in [-0.25, -0.2) is 0 Å². The van der Waals surface area contributed by atoms with Gasteiger partial charge in [-0.3, -0.25) is 4.79 Å². The number of esters is 1. The van der Waals surface area contributed by atoms with E-state index in [1.165, 1.54) is 39.2 Å². The average molecular weight is 308 g/mol. The van der Waals surface area contributed by atoms with E-state index < -0.39 is 0 Å². The summed E-state index contributed by atoms with van der Waals surface area (Å²) in [7, 11) is 1.40. The minimum Gasteiger partial charge on any atom is -0.493 e. The van der Waals surface area contributed by atoms with E-state index >= 15 is 0 Å². The second-order valence-corrected chi connectivity index (χ2v) is 6.22. The predicted molar refractivity (Wildman–Crippen MR) is 87.0 cm³/mol. The third-order valence-electron chi connectivity index (χ3n) is 4.29. The molecule has 0 radical (unpaired) electrons. The molecule has 0 saturated heterocycles. The summed E-state index contributed by atoms with van der Waals surface area (Å²) in [6.45, 7) is 0.729. The van der Waals surface area contributed by atoms with Crippen LogP contribution in [0.2, 0.25) is 0 Å². The third-order valence-corrected chi connectivity index (χ3v) is 4.96. The van der Waals surface area contributed by atoms with Gasteiger partial charge in [-0.2, -0.15) is 12.6 Å². The number of thiol groups is 1. The van der Waals surface area contributed by atoms with Gasteiger partial charge in [-0.1, -0.05) is 31.4 Å². The lowest BCUT2D eigenvalue weighted by Gasteiger charge is -2.35. The fraction of sp³-hybridized carbons (Fsp3) is 0.588. The molecule has 0 atom stereocenters. The summed E-state index contributed by atoms with van der Waals surface area (Å²) in [6, 6.07) is 7.68. The maximum Gasteiger partial charge on any atom is 0.309 e. The van der Waals surface area contributed by atoms with Gasteiger partial charge in [-0.05, 0) is 36.3 Å². The third kappa shape index (κ3) is 4.67. The van der Waals surface area contributed by atoms with Gasteiger partial charge in [0, 0.05) is 5.41 Å². The zero-order chi connectivity index (χ0) is 15.1. The normalized spacial score (nSPS) is 17.2. The molecule has 0 N–H and O–H groups in total. The molecule has 0 amide bonds. The fourth-order valence-electron chi connectivity index (χ4n) is 2.83. The lowest BCUT2D eigenvalue weighted by Crippen LogP contribution is -2.32. The molecule has 4 heteroatoms. The molecule has 0 heterocycles. The summed E-state index contributed by atoms with van der Waals surface area (Å²) in [4.78, 5) is 11.2. The molecule has 116 valence electrons. The lowest BCUT2D eigenvalue weighted by molar-refractivity contribution is -0.139. The molecule has 2 rings (SSSR count). The molecular formula is C17H24O3S. The van der Waals surface area contributed by atoms with Crippen LogP contribution in [0.4, 0.5) is 0 Å². The SMILES string of the molecule is COC(=O)Cc1ccc(OCC2(CS)CCCCC2)cc1. The average Bonchev–Trinajstić information content (AvgIpc) is 2.55. The number of carbonyl (C=O) groups is 1. The van der Waals surface area contributed by atoms with E-state index in [9.17, 15) is 4.79 Å². The van der Waals surface area contributed by atoms with E-state index in [1.807, 2.05) is 24.3 Å². The van der Waals surface area contributed by atoms with Gasteiger partial charge in [0.1, 0.15) is 5.75 Å². The maximum absolute atomic E-state index is 11.2. The second kappa shape index (κ2) is 7.74. The Bertz CT molecular complexity index is 450. The second-order valence-electron chi connectivity index (χ2n) is 5.90. The Hall–Kier alpha value is -1.16. The zero-order valence-corrected chi connectivity index (χ0v) is 13.5. The summed E-state index contributed by atoms with van der Waals surface area (Å²) < 4.78 is 10.6. The van der Waals surface area contributed by atoms with Gasteiger partial charge in [0.2, 0.25) is 0 Å². The molecule has 1 saturated carbocycles. The zero-order valence-electron chi connectivity index (χ0n) is 12.6. The van der Waals surface area contributed by atoms with Crippen LogP contribution in [0.25, 0.3) is 0 Å². The Balaban J connectivity index is 1.89. The number of rotatable bonds is 6. The van der Waals surface area contributed by atoms with Crippen molar-refractivity contribution in [1.29, 1.82) is 0 Å². The minimum absolute atomic E-state index is 0.222. The summed E-state index contributed by atoms with van der Waals surface area (Å²) in [5.74, 6) is 1.52. The molecule has 0 aliphatic heterocycles. The topological polar surface area (TPSA) is 35.5 Å². The van der Waals surface area contributed by atoms with Crippen molar-refractivity contribution in [3.63, 3.8) is 0 Å². The molecule has 1 aromatic carbocycles. The summed E-state index contributed by atoms with van der Waals surface area (Å²) >= 11 is 4.53. The number of hydrogen-bond acceptors (Lipinski definition) is 4. The number of benzene rings is 1. The van der Waals surface area contributed by atoms with Crippen molar-refractivity contribution in [2.75, 3.05) is 19.5 Å². The van der Waals surface area contributed by atoms with E-state index in [0.717, 1.165) is 23.7 Å². The molecule has 1 aromatic rings. The van der Waals surface area contributed by atoms with Crippen LogP contribution < -0.4 is 4.74 Å². The van der Waals surface area contributed by atoms with E-state index in [1.54, 1.807) is 0 Å². The van der Waals surface area contributed by atoms with Gasteiger partial charge in [0.25, 0.3) is 0 Å². The molecule has 3 nitrogen and oxygen atoms in total. The summed E-state index contributed by atoms with van der Waals surface area (Å²) in [5, 5.41) is 0. The Morgan fingerprint density at radius 2 is 1.86 bits per heavy atom. The highest BCUT2D eigenvalue weighted by Gasteiger charge is 2.31. The van der Waals surface area contributed by atoms with Gasteiger partial charge in [0.15, 0.2) is 0 Å². The molecule has 0 spiro atoms. The molecule has 1 aliphatic rings. The first kappa shape index (κ1) is 16.2. The number of carbonyl (C=O) groups excluding carboxylic acids is 1. The van der Waals surface area contributed by atoms with Crippen molar-refractivity contribution < 1.29 is 14.3 Å². The van der Waals surface area contributed by atoms with Crippen LogP contribution in [0, 0.1) is 5.41 Å². The Morgan fingerprint density at radius 1 is 1.19 bits per heavy atom. The van der Waals surface area contributed by atoms with Crippen LogP contribution >= 0.6 is 12.6 Å². The predicted octanol–water partition coefficient (Wildman–Crippen LogP) is 3.66. The largest absolute Gasteiger partial charge is 0.493 e. The van der Waals surface area contributed by atoms with Crippen LogP contribution in [0.5, 0.6) is 5.75 Å². The van der Waals surface area contributed by atoms with E-state index in [-0.39, 0.29) is 11.4 Å². The fourth-order valence-corrected chi connectivity index (χ4v) is 3.24. The Morgan fingerprint density at radius 3 is 2.43 bits per heavy atom. The van der Waals surface area contributed by atoms with Crippen molar-refractivity contribution in [3.05, 3.63) is 29.8 Å². The highest BCUT2D eigenvalue weighted by molar-refractivity contribution is 7.80. The molecule has 1 fully saturated rings. The van der Waals surface area contributed by atoms with Gasteiger partial charge in [-0.15, -0.1) is 0 Å². The first-order chi connectivity index (χ1) is 10.2. The number of ether oxygens (including phenoxy) is 2. The van der Waals surface area contributed by atoms with Gasteiger partial charge < -0.3 is 9.47 Å².